The highest BCUT2D eigenvalue weighted by Crippen LogP contribution is 2.61. The minimum atomic E-state index is -0.406. The van der Waals surface area contributed by atoms with Crippen LogP contribution in [-0.4, -0.2) is 47.5 Å². The van der Waals surface area contributed by atoms with E-state index in [4.69, 9.17) is 14.3 Å². The summed E-state index contributed by atoms with van der Waals surface area (Å²) in [7, 11) is 1.63. The number of hydrogen-bond donors (Lipinski definition) is 1. The van der Waals surface area contributed by atoms with Gasteiger partial charge >= 0.3 is 0 Å². The number of aliphatic hydroxyl groups excluding tert-OH is 1. The number of carbonyl (C=O) groups excluding carboxylic acids is 1. The fraction of sp³-hybridized carbons (Fsp3) is 0.375. The maximum Gasteiger partial charge on any atom is 0.254 e. The summed E-state index contributed by atoms with van der Waals surface area (Å²) >= 11 is 3.74. The number of nitrogens with zero attached hydrogens (tertiary/aromatic N) is 2. The van der Waals surface area contributed by atoms with Crippen molar-refractivity contribution in [3.05, 3.63) is 93.5 Å². The van der Waals surface area contributed by atoms with Crippen LogP contribution >= 0.6 is 15.9 Å². The van der Waals surface area contributed by atoms with Crippen molar-refractivity contribution >= 4 is 27.5 Å². The van der Waals surface area contributed by atoms with Crippen molar-refractivity contribution in [2.75, 3.05) is 13.7 Å². The van der Waals surface area contributed by atoms with Gasteiger partial charge in [0.2, 0.25) is 0 Å². The maximum atomic E-state index is 13.8. The van der Waals surface area contributed by atoms with Crippen LogP contribution in [0.5, 0.6) is 11.5 Å². The zero-order valence-electron chi connectivity index (χ0n) is 22.7. The van der Waals surface area contributed by atoms with Crippen LogP contribution in [0.25, 0.3) is 0 Å². The molecular formula is C32H33BrN2O5. The molecule has 8 heteroatoms. The summed E-state index contributed by atoms with van der Waals surface area (Å²) in [5.74, 6) is 1.46. The molecule has 1 saturated carbocycles. The van der Waals surface area contributed by atoms with Crippen LogP contribution < -0.4 is 9.47 Å². The van der Waals surface area contributed by atoms with E-state index in [0.717, 1.165) is 39.0 Å². The van der Waals surface area contributed by atoms with Crippen molar-refractivity contribution in [2.45, 2.75) is 56.9 Å². The predicted octanol–water partition coefficient (Wildman–Crippen LogP) is 5.87. The first kappa shape index (κ1) is 26.8. The second-order valence-electron chi connectivity index (χ2n) is 11.0. The van der Waals surface area contributed by atoms with E-state index < -0.39 is 5.41 Å². The summed E-state index contributed by atoms with van der Waals surface area (Å²) in [6.45, 7) is 2.85. The molecule has 3 aliphatic rings. The van der Waals surface area contributed by atoms with E-state index in [1.54, 1.807) is 7.11 Å². The van der Waals surface area contributed by atoms with Gasteiger partial charge in [-0.25, -0.2) is 0 Å². The molecule has 3 aromatic carbocycles. The second kappa shape index (κ2) is 10.9. The van der Waals surface area contributed by atoms with Gasteiger partial charge < -0.3 is 24.3 Å². The molecule has 0 bridgehead atoms. The molecule has 2 heterocycles. The van der Waals surface area contributed by atoms with E-state index in [9.17, 15) is 9.90 Å². The highest BCUT2D eigenvalue weighted by Gasteiger charge is 2.59. The quantitative estimate of drug-likeness (QED) is 0.356. The van der Waals surface area contributed by atoms with Crippen molar-refractivity contribution in [3.8, 4) is 11.5 Å². The van der Waals surface area contributed by atoms with Gasteiger partial charge in [0.15, 0.2) is 0 Å². The van der Waals surface area contributed by atoms with Gasteiger partial charge in [0.05, 0.1) is 25.5 Å². The van der Waals surface area contributed by atoms with E-state index in [1.807, 2.05) is 71.6 Å². The Bertz CT molecular complexity index is 1430. The van der Waals surface area contributed by atoms with E-state index in [1.165, 1.54) is 0 Å². The largest absolute Gasteiger partial charge is 0.495 e. The van der Waals surface area contributed by atoms with Crippen LogP contribution in [-0.2, 0) is 23.4 Å². The summed E-state index contributed by atoms with van der Waals surface area (Å²) in [5.41, 5.74) is 4.33. The molecule has 0 radical (unpaired) electrons. The Balaban J connectivity index is 1.38. The molecular weight excluding hydrogens is 572 g/mol. The van der Waals surface area contributed by atoms with E-state index >= 15 is 0 Å². The second-order valence-corrected chi connectivity index (χ2v) is 11.8. The zero-order valence-corrected chi connectivity index (χ0v) is 24.3. The number of aliphatic hydroxyl groups is 1. The first-order chi connectivity index (χ1) is 19.5. The zero-order chi connectivity index (χ0) is 27.9. The van der Waals surface area contributed by atoms with Crippen LogP contribution in [0, 0.1) is 5.92 Å². The van der Waals surface area contributed by atoms with Gasteiger partial charge in [-0.3, -0.25) is 4.79 Å². The lowest BCUT2D eigenvalue weighted by Gasteiger charge is -2.45. The van der Waals surface area contributed by atoms with E-state index in [2.05, 4.69) is 28.0 Å². The number of methoxy groups -OCH3 is 1. The molecule has 0 aromatic heterocycles. The summed E-state index contributed by atoms with van der Waals surface area (Å²) in [6.07, 6.45) is 1.72. The molecule has 0 unspecified atom stereocenters. The Labute approximate surface area is 242 Å². The molecule has 1 N–H and O–H groups in total. The average Bonchev–Trinajstić information content (AvgIpc) is 3.24. The van der Waals surface area contributed by atoms with Crippen molar-refractivity contribution in [2.24, 2.45) is 11.1 Å². The van der Waals surface area contributed by atoms with Crippen molar-refractivity contribution in [1.29, 1.82) is 0 Å². The molecule has 7 nitrogen and oxygen atoms in total. The summed E-state index contributed by atoms with van der Waals surface area (Å²) in [6, 6.07) is 20.9. The van der Waals surface area contributed by atoms with Crippen molar-refractivity contribution in [3.63, 3.8) is 0 Å². The number of oxime groups is 1. The van der Waals surface area contributed by atoms with Gasteiger partial charge in [-0.15, -0.1) is 0 Å². The lowest BCUT2D eigenvalue weighted by atomic mass is 9.59. The highest BCUT2D eigenvalue weighted by atomic mass is 79.9. The molecule has 3 aromatic rings. The molecule has 4 atom stereocenters. The normalized spacial score (nSPS) is 25.9. The predicted molar refractivity (Wildman–Crippen MR) is 156 cm³/mol. The van der Waals surface area contributed by atoms with Crippen molar-refractivity contribution < 1.29 is 24.2 Å². The Hall–Kier alpha value is -3.36. The van der Waals surface area contributed by atoms with Gasteiger partial charge in [-0.1, -0.05) is 60.6 Å². The van der Waals surface area contributed by atoms with Gasteiger partial charge in [-0.2, -0.15) is 0 Å². The monoisotopic (exact) mass is 604 g/mol. The fourth-order valence-electron chi connectivity index (χ4n) is 6.83. The number of amides is 1. The highest BCUT2D eigenvalue weighted by molar-refractivity contribution is 9.10. The number of hydrogen-bond acceptors (Lipinski definition) is 6. The standard InChI is InChI=1S/C32H33BrN2O5/c1-20-13-24(34-39-19-21-9-5-3-6-10-21)15-27-32(20)16-25(18-36)35(31(37)22-11-7-4-8-12-22)17-23-14-26(38-2)29(33)30(40-27)28(23)32/h3-12,14,20,25,27,36H,13,15-19H2,1-2H3/b34-24+/t20-,25+,27-,32+/m1/s1. The third-order valence-corrected chi connectivity index (χ3v) is 9.50. The molecule has 1 amide bonds. The Morgan fingerprint density at radius 3 is 2.58 bits per heavy atom. The van der Waals surface area contributed by atoms with Crippen LogP contribution in [0.2, 0.25) is 0 Å². The number of ether oxygens (including phenoxy) is 2. The van der Waals surface area contributed by atoms with Crippen LogP contribution in [0.15, 0.2) is 76.4 Å². The third kappa shape index (κ3) is 4.47. The van der Waals surface area contributed by atoms with E-state index in [0.29, 0.717) is 37.3 Å². The van der Waals surface area contributed by atoms with Gasteiger partial charge in [0.1, 0.15) is 28.7 Å². The molecule has 208 valence electrons. The maximum absolute atomic E-state index is 13.8. The molecule has 40 heavy (non-hydrogen) atoms. The van der Waals surface area contributed by atoms with Crippen LogP contribution in [0.4, 0.5) is 0 Å². The SMILES string of the molecule is COc1cc2c3c(c1Br)O[C@@H]1C/C(=N/OCc4ccccc4)C[C@@H](C)[C@]31C[C@@H](CO)N(C(=O)c1ccccc1)C2. The minimum Gasteiger partial charge on any atom is -0.495 e. The third-order valence-electron chi connectivity index (χ3n) is 8.75. The Kier molecular flexibility index (Phi) is 7.31. The van der Waals surface area contributed by atoms with Crippen LogP contribution in [0.1, 0.15) is 53.2 Å². The average molecular weight is 606 g/mol. The Morgan fingerprint density at radius 2 is 1.88 bits per heavy atom. The molecule has 2 aliphatic heterocycles. The molecule has 1 fully saturated rings. The first-order valence-electron chi connectivity index (χ1n) is 13.7. The number of halogens is 1. The van der Waals surface area contributed by atoms with Gasteiger partial charge in [-0.05, 0) is 64.0 Å². The summed E-state index contributed by atoms with van der Waals surface area (Å²) in [5, 5.41) is 15.2. The molecule has 0 saturated heterocycles. The van der Waals surface area contributed by atoms with E-state index in [-0.39, 0.29) is 30.6 Å². The summed E-state index contributed by atoms with van der Waals surface area (Å²) < 4.78 is 13.2. The number of carbonyl (C=O) groups is 1. The van der Waals surface area contributed by atoms with Gasteiger partial charge in [0.25, 0.3) is 5.91 Å². The molecule has 6 rings (SSSR count). The van der Waals surface area contributed by atoms with Crippen molar-refractivity contribution in [1.82, 2.24) is 4.90 Å². The smallest absolute Gasteiger partial charge is 0.254 e. The Morgan fingerprint density at radius 1 is 1.15 bits per heavy atom. The van der Waals surface area contributed by atoms with Crippen LogP contribution in [0.3, 0.4) is 0 Å². The fourth-order valence-corrected chi connectivity index (χ4v) is 7.39. The van der Waals surface area contributed by atoms with Gasteiger partial charge in [0, 0.05) is 29.5 Å². The molecule has 1 aliphatic carbocycles. The number of benzene rings is 3. The molecule has 1 spiro atoms. The lowest BCUT2D eigenvalue weighted by Crippen LogP contribution is -2.53. The lowest BCUT2D eigenvalue weighted by molar-refractivity contribution is 0.0327. The topological polar surface area (TPSA) is 80.6 Å². The first-order valence-corrected chi connectivity index (χ1v) is 14.5. The summed E-state index contributed by atoms with van der Waals surface area (Å²) in [4.78, 5) is 21.4. The minimum absolute atomic E-state index is 0.0934. The number of rotatable bonds is 6.